The first-order chi connectivity index (χ1) is 9.40. The molecular formula is C14H19N5O. The highest BCUT2D eigenvalue weighted by molar-refractivity contribution is 6.03. The van der Waals surface area contributed by atoms with Gasteiger partial charge in [-0.25, -0.2) is 9.97 Å². The summed E-state index contributed by atoms with van der Waals surface area (Å²) in [5, 5.41) is 4.17. The van der Waals surface area contributed by atoms with Crippen molar-refractivity contribution in [1.82, 2.24) is 19.7 Å². The first-order valence-electron chi connectivity index (χ1n) is 6.50. The monoisotopic (exact) mass is 273 g/mol. The maximum atomic E-state index is 12.4. The largest absolute Gasteiger partial charge is 0.278 e. The van der Waals surface area contributed by atoms with Gasteiger partial charge in [0.25, 0.3) is 5.91 Å². The van der Waals surface area contributed by atoms with E-state index >= 15 is 0 Å². The first kappa shape index (κ1) is 14.2. The van der Waals surface area contributed by atoms with Crippen LogP contribution in [-0.2, 0) is 7.05 Å². The van der Waals surface area contributed by atoms with Crippen molar-refractivity contribution in [3.8, 4) is 0 Å². The molecule has 0 unspecified atom stereocenters. The molecule has 0 fully saturated rings. The molecule has 0 bridgehead atoms. The molecule has 6 heteroatoms. The molecule has 2 aromatic rings. The summed E-state index contributed by atoms with van der Waals surface area (Å²) in [6, 6.07) is 1.75. The Morgan fingerprint density at radius 1 is 1.30 bits per heavy atom. The summed E-state index contributed by atoms with van der Waals surface area (Å²) in [7, 11) is 3.41. The van der Waals surface area contributed by atoms with Gasteiger partial charge in [-0.15, -0.1) is 0 Å². The number of carbonyl (C=O) groups excluding carboxylic acids is 1. The molecule has 20 heavy (non-hydrogen) atoms. The lowest BCUT2D eigenvalue weighted by Gasteiger charge is -2.15. The number of hydrogen-bond donors (Lipinski definition) is 0. The number of aromatic nitrogens is 4. The van der Waals surface area contributed by atoms with Crippen molar-refractivity contribution >= 4 is 11.9 Å². The van der Waals surface area contributed by atoms with Crippen molar-refractivity contribution < 1.29 is 4.79 Å². The smallest absolute Gasteiger partial charge is 0.278 e. The zero-order valence-electron chi connectivity index (χ0n) is 12.5. The lowest BCUT2D eigenvalue weighted by Crippen LogP contribution is -2.29. The number of carbonyl (C=O) groups is 1. The summed E-state index contributed by atoms with van der Waals surface area (Å²) in [5.41, 5.74) is 2.37. The molecule has 2 heterocycles. The molecule has 0 radical (unpaired) electrons. The lowest BCUT2D eigenvalue weighted by molar-refractivity contribution is 0.0982. The summed E-state index contributed by atoms with van der Waals surface area (Å²) in [4.78, 5) is 22.3. The molecule has 2 rings (SSSR count). The van der Waals surface area contributed by atoms with Gasteiger partial charge in [0.2, 0.25) is 5.95 Å². The van der Waals surface area contributed by atoms with Crippen molar-refractivity contribution in [1.29, 1.82) is 0 Å². The Hall–Kier alpha value is -2.24. The van der Waals surface area contributed by atoms with E-state index in [4.69, 9.17) is 0 Å². The molecule has 0 aromatic carbocycles. The number of hydrogen-bond acceptors (Lipinski definition) is 4. The van der Waals surface area contributed by atoms with Crippen molar-refractivity contribution in [2.24, 2.45) is 7.05 Å². The molecule has 1 amide bonds. The van der Waals surface area contributed by atoms with Gasteiger partial charge in [-0.3, -0.25) is 14.4 Å². The minimum atomic E-state index is -0.176. The van der Waals surface area contributed by atoms with Crippen LogP contribution in [0.3, 0.4) is 0 Å². The molecule has 0 N–H and O–H groups in total. The Morgan fingerprint density at radius 2 is 1.90 bits per heavy atom. The first-order valence-corrected chi connectivity index (χ1v) is 6.50. The van der Waals surface area contributed by atoms with Gasteiger partial charge in [-0.1, -0.05) is 13.8 Å². The SMILES string of the molecule is Cc1cc(C(=O)N(C)c2ncc(C(C)C)cn2)n(C)n1. The van der Waals surface area contributed by atoms with Crippen LogP contribution < -0.4 is 4.90 Å². The fraction of sp³-hybridized carbons (Fsp3) is 0.429. The van der Waals surface area contributed by atoms with E-state index in [0.29, 0.717) is 17.6 Å². The third-order valence-electron chi connectivity index (χ3n) is 3.15. The highest BCUT2D eigenvalue weighted by atomic mass is 16.2. The molecule has 2 aromatic heterocycles. The Bertz CT molecular complexity index is 615. The third-order valence-corrected chi connectivity index (χ3v) is 3.15. The van der Waals surface area contributed by atoms with E-state index in [-0.39, 0.29) is 5.91 Å². The summed E-state index contributed by atoms with van der Waals surface area (Å²) < 4.78 is 1.57. The average molecular weight is 273 g/mol. The zero-order valence-corrected chi connectivity index (χ0v) is 12.5. The number of nitrogens with zero attached hydrogens (tertiary/aromatic N) is 5. The van der Waals surface area contributed by atoms with E-state index in [9.17, 15) is 4.79 Å². The van der Waals surface area contributed by atoms with E-state index in [2.05, 4.69) is 28.9 Å². The van der Waals surface area contributed by atoms with Gasteiger partial charge in [-0.2, -0.15) is 5.10 Å². The van der Waals surface area contributed by atoms with Crippen molar-refractivity contribution in [3.63, 3.8) is 0 Å². The summed E-state index contributed by atoms with van der Waals surface area (Å²) in [5.74, 6) is 0.577. The van der Waals surface area contributed by atoms with Gasteiger partial charge in [0, 0.05) is 26.5 Å². The molecule has 0 atom stereocenters. The molecule has 0 aliphatic rings. The van der Waals surface area contributed by atoms with Gasteiger partial charge in [0.05, 0.1) is 5.69 Å². The predicted octanol–water partition coefficient (Wildman–Crippen LogP) is 1.92. The Balaban J connectivity index is 2.24. The molecule has 6 nitrogen and oxygen atoms in total. The fourth-order valence-electron chi connectivity index (χ4n) is 1.88. The fourth-order valence-corrected chi connectivity index (χ4v) is 1.88. The molecule has 0 aliphatic carbocycles. The van der Waals surface area contributed by atoms with E-state index < -0.39 is 0 Å². The van der Waals surface area contributed by atoms with Crippen LogP contribution in [0, 0.1) is 6.92 Å². The van der Waals surface area contributed by atoms with Crippen molar-refractivity contribution in [2.45, 2.75) is 26.7 Å². The van der Waals surface area contributed by atoms with Crippen LogP contribution in [0.1, 0.15) is 41.5 Å². The van der Waals surface area contributed by atoms with Crippen LogP contribution >= 0.6 is 0 Å². The normalized spacial score (nSPS) is 10.9. The lowest BCUT2D eigenvalue weighted by atomic mass is 10.1. The number of amides is 1. The Kier molecular flexibility index (Phi) is 3.83. The zero-order chi connectivity index (χ0) is 14.9. The van der Waals surface area contributed by atoms with Gasteiger partial charge in [-0.05, 0) is 24.5 Å². The average Bonchev–Trinajstić information content (AvgIpc) is 2.76. The quantitative estimate of drug-likeness (QED) is 0.857. The summed E-state index contributed by atoms with van der Waals surface area (Å²) >= 11 is 0. The minimum absolute atomic E-state index is 0.176. The topological polar surface area (TPSA) is 63.9 Å². The maximum Gasteiger partial charge on any atom is 0.278 e. The van der Waals surface area contributed by atoms with E-state index in [1.807, 2.05) is 6.92 Å². The second kappa shape index (κ2) is 5.40. The van der Waals surface area contributed by atoms with Crippen LogP contribution in [0.2, 0.25) is 0 Å². The van der Waals surface area contributed by atoms with Crippen LogP contribution in [0.15, 0.2) is 18.5 Å². The van der Waals surface area contributed by atoms with Crippen molar-refractivity contribution in [2.75, 3.05) is 11.9 Å². The molecule has 0 saturated carbocycles. The third kappa shape index (κ3) is 2.68. The minimum Gasteiger partial charge on any atom is -0.278 e. The van der Waals surface area contributed by atoms with Crippen LogP contribution in [0.25, 0.3) is 0 Å². The van der Waals surface area contributed by atoms with Gasteiger partial charge < -0.3 is 0 Å². The van der Waals surface area contributed by atoms with Gasteiger partial charge in [0.1, 0.15) is 5.69 Å². The second-order valence-electron chi connectivity index (χ2n) is 5.13. The summed E-state index contributed by atoms with van der Waals surface area (Å²) in [6.07, 6.45) is 3.51. The molecule has 106 valence electrons. The van der Waals surface area contributed by atoms with Crippen LogP contribution in [0.4, 0.5) is 5.95 Å². The molecule has 0 saturated heterocycles. The highest BCUT2D eigenvalue weighted by Crippen LogP contribution is 2.15. The molecule has 0 aliphatic heterocycles. The Morgan fingerprint density at radius 3 is 2.35 bits per heavy atom. The van der Waals surface area contributed by atoms with E-state index in [0.717, 1.165) is 11.3 Å². The van der Waals surface area contributed by atoms with Gasteiger partial charge >= 0.3 is 0 Å². The number of anilines is 1. The van der Waals surface area contributed by atoms with E-state index in [1.54, 1.807) is 37.2 Å². The molecular weight excluding hydrogens is 254 g/mol. The van der Waals surface area contributed by atoms with Crippen LogP contribution in [0.5, 0.6) is 0 Å². The maximum absolute atomic E-state index is 12.4. The van der Waals surface area contributed by atoms with Crippen molar-refractivity contribution in [3.05, 3.63) is 35.4 Å². The number of aryl methyl sites for hydroxylation is 2. The van der Waals surface area contributed by atoms with Gasteiger partial charge in [0.15, 0.2) is 0 Å². The summed E-state index contributed by atoms with van der Waals surface area (Å²) in [6.45, 7) is 6.00. The van der Waals surface area contributed by atoms with E-state index in [1.165, 1.54) is 4.90 Å². The number of rotatable bonds is 3. The molecule has 0 spiro atoms. The highest BCUT2D eigenvalue weighted by Gasteiger charge is 2.19. The second-order valence-corrected chi connectivity index (χ2v) is 5.13. The standard InChI is InChI=1S/C14H19N5O/c1-9(2)11-7-15-14(16-8-11)18(4)13(20)12-6-10(3)17-19(12)5/h6-9H,1-5H3. The Labute approximate surface area is 118 Å². The van der Waals surface area contributed by atoms with Crippen LogP contribution in [-0.4, -0.2) is 32.7 Å². The predicted molar refractivity (Wildman–Crippen MR) is 76.8 cm³/mol.